The number of nitrogens with zero attached hydrogens (tertiary/aromatic N) is 6. The van der Waals surface area contributed by atoms with Gasteiger partial charge in [0.1, 0.15) is 0 Å². The molecule has 5 rings (SSSR count). The van der Waals surface area contributed by atoms with Crippen molar-refractivity contribution in [2.45, 2.75) is 20.3 Å². The molecule has 3 aliphatic rings. The van der Waals surface area contributed by atoms with E-state index in [2.05, 4.69) is 35.0 Å². The van der Waals surface area contributed by atoms with Crippen molar-refractivity contribution in [2.24, 2.45) is 5.92 Å². The Bertz CT molecular complexity index is 1260. The van der Waals surface area contributed by atoms with Crippen molar-refractivity contribution in [3.05, 3.63) is 83.4 Å². The average Bonchev–Trinajstić information content (AvgIpc) is 3.38. The van der Waals surface area contributed by atoms with Crippen molar-refractivity contribution < 1.29 is 4.79 Å². The van der Waals surface area contributed by atoms with Gasteiger partial charge in [0.15, 0.2) is 0 Å². The lowest BCUT2D eigenvalue weighted by atomic mass is 10.1. The summed E-state index contributed by atoms with van der Waals surface area (Å²) in [6.07, 6.45) is 16.8. The van der Waals surface area contributed by atoms with E-state index in [1.54, 1.807) is 11.0 Å². The first kappa shape index (κ1) is 21.4. The molecule has 2 aromatic rings. The Morgan fingerprint density at radius 2 is 1.97 bits per heavy atom. The lowest BCUT2D eigenvalue weighted by Gasteiger charge is -2.28. The quantitative estimate of drug-likeness (QED) is 0.727. The van der Waals surface area contributed by atoms with Gasteiger partial charge in [-0.3, -0.25) is 14.7 Å². The first-order chi connectivity index (χ1) is 15.9. The van der Waals surface area contributed by atoms with E-state index < -0.39 is 0 Å². The number of aromatic nitrogens is 3. The Hall–Kier alpha value is -3.45. The van der Waals surface area contributed by atoms with Gasteiger partial charge in [0, 0.05) is 43.2 Å². The topological polar surface area (TPSA) is 57.0 Å². The molecule has 33 heavy (non-hydrogen) atoms. The Kier molecular flexibility index (Phi) is 5.50. The van der Waals surface area contributed by atoms with Crippen LogP contribution in [0.4, 0.5) is 0 Å². The monoisotopic (exact) mass is 442 g/mol. The van der Waals surface area contributed by atoms with Gasteiger partial charge in [-0.1, -0.05) is 12.2 Å². The molecule has 1 atom stereocenters. The zero-order valence-electron chi connectivity index (χ0n) is 19.7. The van der Waals surface area contributed by atoms with Crippen molar-refractivity contribution in [3.63, 3.8) is 0 Å². The number of fused-ring (bicyclic) bond motifs is 2. The maximum atomic E-state index is 13.3. The fourth-order valence-corrected chi connectivity index (χ4v) is 4.84. The second kappa shape index (κ2) is 8.48. The number of hydrogen-bond acceptors (Lipinski definition) is 5. The molecule has 0 radical (unpaired) electrons. The molecular formula is C26H30N6O. The highest BCUT2D eigenvalue weighted by Gasteiger charge is 2.27. The molecule has 0 aliphatic carbocycles. The predicted molar refractivity (Wildman–Crippen MR) is 130 cm³/mol. The number of amides is 1. The average molecular weight is 443 g/mol. The molecular weight excluding hydrogens is 412 g/mol. The number of likely N-dealkylation sites (tertiary alicyclic amines) is 1. The Balaban J connectivity index is 1.42. The summed E-state index contributed by atoms with van der Waals surface area (Å²) in [7, 11) is 4.25. The molecule has 1 fully saturated rings. The highest BCUT2D eigenvalue weighted by molar-refractivity contribution is 5.99. The van der Waals surface area contributed by atoms with Crippen molar-refractivity contribution in [2.75, 3.05) is 33.7 Å². The summed E-state index contributed by atoms with van der Waals surface area (Å²) in [5, 5.41) is 4.70. The smallest absolute Gasteiger partial charge is 0.255 e. The number of carbonyl (C=O) groups is 1. The molecule has 0 aromatic carbocycles. The number of aryl methyl sites for hydroxylation is 2. The molecule has 0 unspecified atom stereocenters. The number of rotatable bonds is 4. The molecule has 2 aromatic heterocycles. The van der Waals surface area contributed by atoms with Crippen LogP contribution in [0.3, 0.4) is 0 Å². The minimum atomic E-state index is -0.0745. The van der Waals surface area contributed by atoms with Gasteiger partial charge >= 0.3 is 0 Å². The molecule has 1 amide bonds. The van der Waals surface area contributed by atoms with Crippen LogP contribution in [-0.2, 0) is 4.79 Å². The second-order valence-electron chi connectivity index (χ2n) is 9.34. The largest absolute Gasteiger partial charge is 0.370 e. The molecule has 1 saturated heterocycles. The second-order valence-corrected chi connectivity index (χ2v) is 9.34. The summed E-state index contributed by atoms with van der Waals surface area (Å²) in [6, 6.07) is 1.99. The van der Waals surface area contributed by atoms with Gasteiger partial charge in [0.25, 0.3) is 5.91 Å². The van der Waals surface area contributed by atoms with Crippen molar-refractivity contribution in [3.8, 4) is 0 Å². The molecule has 7 heteroatoms. The molecule has 3 aliphatic heterocycles. The number of hydrogen-bond donors (Lipinski definition) is 0. The van der Waals surface area contributed by atoms with Crippen LogP contribution >= 0.6 is 0 Å². The van der Waals surface area contributed by atoms with Gasteiger partial charge < -0.3 is 9.80 Å². The number of allylic oxidation sites excluding steroid dienone is 6. The maximum Gasteiger partial charge on any atom is 0.255 e. The first-order valence-electron chi connectivity index (χ1n) is 11.4. The van der Waals surface area contributed by atoms with E-state index in [1.165, 1.54) is 6.42 Å². The molecule has 0 bridgehead atoms. The minimum absolute atomic E-state index is 0.0745. The molecule has 7 nitrogen and oxygen atoms in total. The molecule has 0 saturated carbocycles. The highest BCUT2D eigenvalue weighted by atomic mass is 16.2. The van der Waals surface area contributed by atoms with E-state index in [1.807, 2.05) is 61.1 Å². The van der Waals surface area contributed by atoms with Crippen LogP contribution in [0.25, 0.3) is 11.1 Å². The van der Waals surface area contributed by atoms with Crippen molar-refractivity contribution in [1.82, 2.24) is 29.3 Å². The standard InChI is InChI=1S/C26H30N6O/c1-18-14-32-25(19(2)27-18)13-24(28-32)21-6-5-7-22-8-9-23(17-31(22)26(33)12-21)30-11-10-20(16-30)15-29(3)4/h5-9,12-14,17,20H,10-11,15-16H2,1-4H3/b6-5+,21-12+,22-7+/t20-/m0/s1. The van der Waals surface area contributed by atoms with Gasteiger partial charge in [-0.15, -0.1) is 0 Å². The minimum Gasteiger partial charge on any atom is -0.370 e. The number of carbonyl (C=O) groups excluding carboxylic acids is 1. The molecule has 170 valence electrons. The summed E-state index contributed by atoms with van der Waals surface area (Å²) < 4.78 is 1.84. The molecule has 5 heterocycles. The van der Waals surface area contributed by atoms with E-state index in [4.69, 9.17) is 5.10 Å². The third kappa shape index (κ3) is 4.28. The van der Waals surface area contributed by atoms with E-state index in [-0.39, 0.29) is 5.91 Å². The lowest BCUT2D eigenvalue weighted by molar-refractivity contribution is -0.122. The van der Waals surface area contributed by atoms with Crippen LogP contribution in [0.15, 0.2) is 66.3 Å². The summed E-state index contributed by atoms with van der Waals surface area (Å²) in [5.74, 6) is 0.579. The summed E-state index contributed by atoms with van der Waals surface area (Å²) in [4.78, 5) is 24.2. The van der Waals surface area contributed by atoms with Gasteiger partial charge in [-0.25, -0.2) is 4.52 Å². The molecule has 0 spiro atoms. The van der Waals surface area contributed by atoms with Crippen LogP contribution in [0.2, 0.25) is 0 Å². The Morgan fingerprint density at radius 3 is 2.79 bits per heavy atom. The molecule has 0 N–H and O–H groups in total. The van der Waals surface area contributed by atoms with E-state index in [9.17, 15) is 4.79 Å². The van der Waals surface area contributed by atoms with Gasteiger partial charge in [0.05, 0.1) is 34.5 Å². The van der Waals surface area contributed by atoms with Crippen LogP contribution < -0.4 is 0 Å². The highest BCUT2D eigenvalue weighted by Crippen LogP contribution is 2.28. The van der Waals surface area contributed by atoms with Crippen molar-refractivity contribution >= 4 is 17.0 Å². The zero-order chi connectivity index (χ0) is 23.1. The summed E-state index contributed by atoms with van der Waals surface area (Å²) in [5.41, 5.74) is 6.27. The zero-order valence-corrected chi connectivity index (χ0v) is 19.7. The van der Waals surface area contributed by atoms with E-state index in [0.29, 0.717) is 5.92 Å². The Labute approximate surface area is 194 Å². The van der Waals surface area contributed by atoms with Gasteiger partial charge in [-0.2, -0.15) is 5.10 Å². The van der Waals surface area contributed by atoms with E-state index in [0.717, 1.165) is 59.2 Å². The summed E-state index contributed by atoms with van der Waals surface area (Å²) >= 11 is 0. The lowest BCUT2D eigenvalue weighted by Crippen LogP contribution is -2.30. The van der Waals surface area contributed by atoms with Crippen LogP contribution in [0.1, 0.15) is 23.5 Å². The fraction of sp³-hybridized carbons (Fsp3) is 0.346. The fourth-order valence-electron chi connectivity index (χ4n) is 4.84. The third-order valence-electron chi connectivity index (χ3n) is 6.35. The van der Waals surface area contributed by atoms with Gasteiger partial charge in [-0.05, 0) is 64.6 Å². The first-order valence-corrected chi connectivity index (χ1v) is 11.4. The van der Waals surface area contributed by atoms with Crippen LogP contribution in [-0.4, -0.2) is 68.9 Å². The summed E-state index contributed by atoms with van der Waals surface area (Å²) in [6.45, 7) is 7.06. The van der Waals surface area contributed by atoms with Gasteiger partial charge in [0.2, 0.25) is 0 Å². The van der Waals surface area contributed by atoms with Crippen molar-refractivity contribution in [1.29, 1.82) is 0 Å². The SMILES string of the molecule is Cc1cn2nc(C3=C\C(=O)N4C=C(N5CC[C@@H](CN(C)C)C5)C=C\C4=C/C=C/3)cc2c(C)n1. The predicted octanol–water partition coefficient (Wildman–Crippen LogP) is 3.31. The van der Waals surface area contributed by atoms with Crippen LogP contribution in [0, 0.1) is 19.8 Å². The Morgan fingerprint density at radius 1 is 1.15 bits per heavy atom. The maximum absolute atomic E-state index is 13.3. The van der Waals surface area contributed by atoms with E-state index >= 15 is 0 Å². The third-order valence-corrected chi connectivity index (χ3v) is 6.35. The van der Waals surface area contributed by atoms with Crippen LogP contribution in [0.5, 0.6) is 0 Å². The normalized spacial score (nSPS) is 24.8.